The van der Waals surface area contributed by atoms with E-state index in [9.17, 15) is 4.79 Å². The van der Waals surface area contributed by atoms with E-state index in [0.717, 1.165) is 24.1 Å². The molecule has 0 unspecified atom stereocenters. The van der Waals surface area contributed by atoms with E-state index < -0.39 is 0 Å². The average molecular weight is 301 g/mol. The molecule has 0 saturated heterocycles. The van der Waals surface area contributed by atoms with Gasteiger partial charge in [-0.2, -0.15) is 0 Å². The van der Waals surface area contributed by atoms with Crippen molar-refractivity contribution in [3.63, 3.8) is 0 Å². The number of anilines is 2. The first kappa shape index (κ1) is 14.1. The van der Waals surface area contributed by atoms with E-state index in [-0.39, 0.29) is 6.03 Å². The maximum Gasteiger partial charge on any atom is 0.325 e. The number of urea groups is 1. The zero-order valence-corrected chi connectivity index (χ0v) is 12.9. The van der Waals surface area contributed by atoms with Crippen LogP contribution in [-0.4, -0.2) is 11.0 Å². The molecule has 110 valence electrons. The second-order valence-corrected chi connectivity index (χ2v) is 6.48. The van der Waals surface area contributed by atoms with Crippen LogP contribution in [0.2, 0.25) is 0 Å². The van der Waals surface area contributed by atoms with Crippen molar-refractivity contribution in [1.82, 2.24) is 4.98 Å². The molecule has 0 spiro atoms. The SMILES string of the molecule is Cc1cccc(NC(=O)Nc2nc3c(s2)CCCCC3)c1. The second-order valence-electron chi connectivity index (χ2n) is 5.40. The van der Waals surface area contributed by atoms with Crippen LogP contribution in [0.5, 0.6) is 0 Å². The number of nitrogens with zero attached hydrogens (tertiary/aromatic N) is 1. The maximum absolute atomic E-state index is 12.0. The van der Waals surface area contributed by atoms with Crippen LogP contribution in [0.1, 0.15) is 35.4 Å². The number of fused-ring (bicyclic) bond motifs is 1. The van der Waals surface area contributed by atoms with Crippen molar-refractivity contribution in [2.45, 2.75) is 39.0 Å². The molecular formula is C16H19N3OS. The lowest BCUT2D eigenvalue weighted by Crippen LogP contribution is -2.19. The van der Waals surface area contributed by atoms with E-state index in [0.29, 0.717) is 5.13 Å². The van der Waals surface area contributed by atoms with Crippen molar-refractivity contribution >= 4 is 28.2 Å². The molecule has 1 aromatic heterocycles. The number of benzene rings is 1. The molecular weight excluding hydrogens is 282 g/mol. The summed E-state index contributed by atoms with van der Waals surface area (Å²) in [5, 5.41) is 6.39. The highest BCUT2D eigenvalue weighted by Crippen LogP contribution is 2.28. The normalized spacial score (nSPS) is 14.1. The molecule has 3 rings (SSSR count). The van der Waals surface area contributed by atoms with Gasteiger partial charge in [0.05, 0.1) is 5.69 Å². The van der Waals surface area contributed by atoms with Gasteiger partial charge >= 0.3 is 6.03 Å². The quantitative estimate of drug-likeness (QED) is 0.810. The topological polar surface area (TPSA) is 54.0 Å². The van der Waals surface area contributed by atoms with Crippen LogP contribution < -0.4 is 10.6 Å². The molecule has 1 aromatic carbocycles. The Bertz CT molecular complexity index is 627. The first-order valence-corrected chi connectivity index (χ1v) is 8.15. The fraction of sp³-hybridized carbons (Fsp3) is 0.375. The van der Waals surface area contributed by atoms with Crippen molar-refractivity contribution in [2.75, 3.05) is 10.6 Å². The van der Waals surface area contributed by atoms with Gasteiger partial charge in [0.2, 0.25) is 0 Å². The Morgan fingerprint density at radius 1 is 1.19 bits per heavy atom. The molecule has 4 nitrogen and oxygen atoms in total. The van der Waals surface area contributed by atoms with Gasteiger partial charge < -0.3 is 5.32 Å². The molecule has 21 heavy (non-hydrogen) atoms. The zero-order chi connectivity index (χ0) is 14.7. The number of aryl methyl sites for hydroxylation is 3. The van der Waals surface area contributed by atoms with Gasteiger partial charge in [-0.15, -0.1) is 11.3 Å². The third-order valence-corrected chi connectivity index (χ3v) is 4.66. The average Bonchev–Trinajstić information content (AvgIpc) is 2.67. The molecule has 0 atom stereocenters. The van der Waals surface area contributed by atoms with Crippen LogP contribution in [-0.2, 0) is 12.8 Å². The van der Waals surface area contributed by atoms with Crippen molar-refractivity contribution in [3.8, 4) is 0 Å². The van der Waals surface area contributed by atoms with Gasteiger partial charge in [0.1, 0.15) is 0 Å². The summed E-state index contributed by atoms with van der Waals surface area (Å²) in [7, 11) is 0. The molecule has 0 saturated carbocycles. The lowest BCUT2D eigenvalue weighted by atomic mass is 10.2. The van der Waals surface area contributed by atoms with E-state index in [2.05, 4.69) is 15.6 Å². The fourth-order valence-corrected chi connectivity index (χ4v) is 3.61. The lowest BCUT2D eigenvalue weighted by molar-refractivity contribution is 0.262. The molecule has 1 aliphatic rings. The van der Waals surface area contributed by atoms with E-state index >= 15 is 0 Å². The maximum atomic E-state index is 12.0. The summed E-state index contributed by atoms with van der Waals surface area (Å²) >= 11 is 1.61. The Morgan fingerprint density at radius 2 is 2.05 bits per heavy atom. The smallest absolute Gasteiger partial charge is 0.308 e. The molecule has 2 aromatic rings. The van der Waals surface area contributed by atoms with E-state index in [4.69, 9.17) is 0 Å². The van der Waals surface area contributed by atoms with E-state index in [1.54, 1.807) is 11.3 Å². The van der Waals surface area contributed by atoms with E-state index in [1.807, 2.05) is 31.2 Å². The molecule has 1 heterocycles. The number of carbonyl (C=O) groups is 1. The molecule has 2 amide bonds. The molecule has 0 bridgehead atoms. The highest BCUT2D eigenvalue weighted by molar-refractivity contribution is 7.15. The molecule has 1 aliphatic carbocycles. The number of carbonyl (C=O) groups excluding carboxylic acids is 1. The first-order chi connectivity index (χ1) is 10.2. The van der Waals surface area contributed by atoms with Crippen LogP contribution in [0.4, 0.5) is 15.6 Å². The Kier molecular flexibility index (Phi) is 4.20. The van der Waals surface area contributed by atoms with Crippen molar-refractivity contribution in [1.29, 1.82) is 0 Å². The summed E-state index contributed by atoms with van der Waals surface area (Å²) in [6.07, 6.45) is 5.83. The Balaban J connectivity index is 1.65. The summed E-state index contributed by atoms with van der Waals surface area (Å²) in [6, 6.07) is 7.52. The number of hydrogen-bond donors (Lipinski definition) is 2. The van der Waals surface area contributed by atoms with Gasteiger partial charge in [0.25, 0.3) is 0 Å². The van der Waals surface area contributed by atoms with Crippen LogP contribution in [0.15, 0.2) is 24.3 Å². The number of rotatable bonds is 2. The van der Waals surface area contributed by atoms with Crippen molar-refractivity contribution in [3.05, 3.63) is 40.4 Å². The molecule has 2 N–H and O–H groups in total. The summed E-state index contributed by atoms with van der Waals surface area (Å²) in [6.45, 7) is 2.00. The highest BCUT2D eigenvalue weighted by atomic mass is 32.1. The third kappa shape index (κ3) is 3.61. The Morgan fingerprint density at radius 3 is 2.90 bits per heavy atom. The number of amides is 2. The number of hydrogen-bond acceptors (Lipinski definition) is 3. The molecule has 0 fully saturated rings. The number of aromatic nitrogens is 1. The minimum Gasteiger partial charge on any atom is -0.308 e. The van der Waals surface area contributed by atoms with E-state index in [1.165, 1.54) is 29.8 Å². The van der Waals surface area contributed by atoms with Crippen LogP contribution in [0, 0.1) is 6.92 Å². The molecule has 5 heteroatoms. The Labute approximate surface area is 128 Å². The van der Waals surface area contributed by atoms with Gasteiger partial charge in [0.15, 0.2) is 5.13 Å². The molecule has 0 radical (unpaired) electrons. The first-order valence-electron chi connectivity index (χ1n) is 7.34. The second kappa shape index (κ2) is 6.26. The van der Waals surface area contributed by atoms with Crippen molar-refractivity contribution < 1.29 is 4.79 Å². The van der Waals surface area contributed by atoms with Gasteiger partial charge in [-0.25, -0.2) is 9.78 Å². The predicted octanol–water partition coefficient (Wildman–Crippen LogP) is 4.36. The fourth-order valence-electron chi connectivity index (χ4n) is 2.56. The number of thiazole rings is 1. The summed E-state index contributed by atoms with van der Waals surface area (Å²) < 4.78 is 0. The van der Waals surface area contributed by atoms with Crippen LogP contribution in [0.3, 0.4) is 0 Å². The summed E-state index contributed by atoms with van der Waals surface area (Å²) in [4.78, 5) is 17.9. The Hall–Kier alpha value is -1.88. The highest BCUT2D eigenvalue weighted by Gasteiger charge is 2.15. The summed E-state index contributed by atoms with van der Waals surface area (Å²) in [5.74, 6) is 0. The van der Waals surface area contributed by atoms with Gasteiger partial charge in [-0.1, -0.05) is 18.6 Å². The van der Waals surface area contributed by atoms with Gasteiger partial charge in [-0.3, -0.25) is 5.32 Å². The predicted molar refractivity (Wildman–Crippen MR) is 87.2 cm³/mol. The monoisotopic (exact) mass is 301 g/mol. The van der Waals surface area contributed by atoms with Crippen LogP contribution in [0.25, 0.3) is 0 Å². The van der Waals surface area contributed by atoms with Gasteiger partial charge in [0, 0.05) is 10.6 Å². The lowest BCUT2D eigenvalue weighted by Gasteiger charge is -2.05. The zero-order valence-electron chi connectivity index (χ0n) is 12.1. The van der Waals surface area contributed by atoms with Crippen molar-refractivity contribution in [2.24, 2.45) is 0 Å². The number of nitrogens with one attached hydrogen (secondary N) is 2. The standard InChI is InChI=1S/C16H19N3OS/c1-11-6-5-7-12(10-11)17-15(20)19-16-18-13-8-3-2-4-9-14(13)21-16/h5-7,10H,2-4,8-9H2,1H3,(H2,17,18,19,20). The largest absolute Gasteiger partial charge is 0.325 e. The molecule has 0 aliphatic heterocycles. The van der Waals surface area contributed by atoms with Gasteiger partial charge in [-0.05, 0) is 50.3 Å². The third-order valence-electron chi connectivity index (χ3n) is 3.59. The van der Waals surface area contributed by atoms with Crippen LogP contribution >= 0.6 is 11.3 Å². The summed E-state index contributed by atoms with van der Waals surface area (Å²) in [5.41, 5.74) is 3.09. The minimum atomic E-state index is -0.232. The minimum absolute atomic E-state index is 0.232.